The fraction of sp³-hybridized carbons (Fsp3) is 0.372. The van der Waals surface area contributed by atoms with Crippen molar-refractivity contribution in [3.05, 3.63) is 125 Å². The van der Waals surface area contributed by atoms with Gasteiger partial charge in [-0.3, -0.25) is 9.69 Å². The number of hydrogen-bond acceptors (Lipinski definition) is 7. The van der Waals surface area contributed by atoms with Crippen molar-refractivity contribution >= 4 is 5.91 Å². The molecule has 1 fully saturated rings. The van der Waals surface area contributed by atoms with Crippen molar-refractivity contribution in [1.29, 1.82) is 0 Å². The Morgan fingerprint density at radius 1 is 0.808 bits per heavy atom. The normalized spacial score (nSPS) is 13.3. The molecule has 0 spiro atoms. The van der Waals surface area contributed by atoms with E-state index >= 15 is 0 Å². The second-order valence-corrected chi connectivity index (χ2v) is 13.7. The number of unbranched alkanes of at least 4 members (excludes halogenated alkanes) is 3. The Morgan fingerprint density at radius 3 is 2.10 bits per heavy atom. The molecule has 6 rings (SSSR count). The van der Waals surface area contributed by atoms with Crippen LogP contribution in [0, 0.1) is 0 Å². The molecule has 2 heterocycles. The molecule has 9 heteroatoms. The number of rotatable bonds is 17. The fourth-order valence-corrected chi connectivity index (χ4v) is 6.38. The first-order valence-electron chi connectivity index (χ1n) is 18.6. The zero-order valence-corrected chi connectivity index (χ0v) is 30.7. The molecule has 4 aromatic carbocycles. The summed E-state index contributed by atoms with van der Waals surface area (Å²) < 4.78 is 20.4. The fourth-order valence-electron chi connectivity index (χ4n) is 6.38. The van der Waals surface area contributed by atoms with Crippen LogP contribution < -0.4 is 14.8 Å². The van der Waals surface area contributed by atoms with Crippen molar-refractivity contribution in [2.45, 2.75) is 72.1 Å². The van der Waals surface area contributed by atoms with E-state index in [1.54, 1.807) is 4.68 Å². The van der Waals surface area contributed by atoms with Crippen molar-refractivity contribution in [1.82, 2.24) is 25.2 Å². The number of benzene rings is 4. The van der Waals surface area contributed by atoms with Crippen LogP contribution in [0.2, 0.25) is 0 Å². The van der Waals surface area contributed by atoms with Gasteiger partial charge in [0, 0.05) is 37.8 Å². The molecule has 9 nitrogen and oxygen atoms in total. The van der Waals surface area contributed by atoms with E-state index in [4.69, 9.17) is 14.2 Å². The summed E-state index contributed by atoms with van der Waals surface area (Å²) in [7, 11) is 0. The van der Waals surface area contributed by atoms with Gasteiger partial charge in [-0.05, 0) is 40.7 Å². The zero-order chi connectivity index (χ0) is 36.1. The highest BCUT2D eigenvalue weighted by atomic mass is 16.5. The van der Waals surface area contributed by atoms with Crippen LogP contribution in [0.4, 0.5) is 0 Å². The van der Waals surface area contributed by atoms with Crippen molar-refractivity contribution < 1.29 is 19.0 Å². The maximum Gasteiger partial charge on any atom is 0.274 e. The van der Waals surface area contributed by atoms with Gasteiger partial charge in [-0.2, -0.15) is 0 Å². The van der Waals surface area contributed by atoms with E-state index in [9.17, 15) is 4.79 Å². The van der Waals surface area contributed by atoms with Gasteiger partial charge in [0.15, 0.2) is 5.69 Å². The summed E-state index contributed by atoms with van der Waals surface area (Å²) in [6, 6.07) is 32.6. The van der Waals surface area contributed by atoms with E-state index in [2.05, 4.69) is 83.8 Å². The lowest BCUT2D eigenvalue weighted by Crippen LogP contribution is -2.35. The summed E-state index contributed by atoms with van der Waals surface area (Å²) in [6.07, 6.45) is 4.26. The third-order valence-corrected chi connectivity index (χ3v) is 9.35. The predicted octanol–water partition coefficient (Wildman–Crippen LogP) is 8.36. The summed E-state index contributed by atoms with van der Waals surface area (Å²) in [6.45, 7) is 12.0. The number of aromatic nitrogens is 3. The van der Waals surface area contributed by atoms with E-state index in [1.165, 1.54) is 5.56 Å². The van der Waals surface area contributed by atoms with Crippen LogP contribution in [0.1, 0.15) is 85.1 Å². The highest BCUT2D eigenvalue weighted by molar-refractivity contribution is 5.98. The first-order valence-corrected chi connectivity index (χ1v) is 18.6. The maximum atomic E-state index is 13.8. The molecule has 1 aromatic heterocycles. The van der Waals surface area contributed by atoms with Crippen molar-refractivity contribution in [2.75, 3.05) is 32.8 Å². The van der Waals surface area contributed by atoms with Crippen molar-refractivity contribution in [3.63, 3.8) is 0 Å². The van der Waals surface area contributed by atoms with Crippen LogP contribution >= 0.6 is 0 Å². The second-order valence-electron chi connectivity index (χ2n) is 13.7. The molecule has 1 N–H and O–H groups in total. The molecule has 1 aliphatic heterocycles. The van der Waals surface area contributed by atoms with Gasteiger partial charge < -0.3 is 19.5 Å². The van der Waals surface area contributed by atoms with Gasteiger partial charge in [0.05, 0.1) is 13.2 Å². The summed E-state index contributed by atoms with van der Waals surface area (Å²) in [5.41, 5.74) is 6.73. The molecule has 52 heavy (non-hydrogen) atoms. The largest absolute Gasteiger partial charge is 0.488 e. The maximum absolute atomic E-state index is 13.8. The quantitative estimate of drug-likeness (QED) is 0.0975. The Labute approximate surface area is 307 Å². The summed E-state index contributed by atoms with van der Waals surface area (Å²) in [5, 5.41) is 12.3. The molecule has 1 amide bonds. The van der Waals surface area contributed by atoms with Gasteiger partial charge in [-0.15, -0.1) is 5.10 Å². The van der Waals surface area contributed by atoms with Crippen LogP contribution in [0.3, 0.4) is 0 Å². The second kappa shape index (κ2) is 18.5. The molecule has 1 saturated heterocycles. The highest BCUT2D eigenvalue weighted by Gasteiger charge is 2.26. The average molecular weight is 702 g/mol. The Kier molecular flexibility index (Phi) is 13.1. The molecular formula is C43H51N5O4. The van der Waals surface area contributed by atoms with Crippen molar-refractivity contribution in [2.24, 2.45) is 0 Å². The average Bonchev–Trinajstić information content (AvgIpc) is 3.62. The number of carbonyl (C=O) groups is 1. The number of hydrogen-bond donors (Lipinski definition) is 1. The lowest BCUT2D eigenvalue weighted by Gasteiger charge is -2.26. The lowest BCUT2D eigenvalue weighted by molar-refractivity contribution is 0.0342. The van der Waals surface area contributed by atoms with Crippen LogP contribution in [0.5, 0.6) is 11.5 Å². The minimum absolute atomic E-state index is 0.130. The topological polar surface area (TPSA) is 90.7 Å². The molecule has 0 unspecified atom stereocenters. The van der Waals surface area contributed by atoms with Gasteiger partial charge in [0.25, 0.3) is 5.91 Å². The number of nitrogens with one attached hydrogen (secondary N) is 1. The minimum Gasteiger partial charge on any atom is -0.488 e. The number of ether oxygens (including phenoxy) is 3. The number of nitrogens with zero attached hydrogens (tertiary/aromatic N) is 4. The summed E-state index contributed by atoms with van der Waals surface area (Å²) in [5.74, 6) is 1.21. The molecular weight excluding hydrogens is 651 g/mol. The first kappa shape index (κ1) is 36.8. The summed E-state index contributed by atoms with van der Waals surface area (Å²) in [4.78, 5) is 16.2. The Bertz CT molecular complexity index is 1850. The predicted molar refractivity (Wildman–Crippen MR) is 205 cm³/mol. The van der Waals surface area contributed by atoms with Gasteiger partial charge in [0.1, 0.15) is 36.1 Å². The molecule has 0 bridgehead atoms. The number of amides is 1. The van der Waals surface area contributed by atoms with Gasteiger partial charge in [-0.1, -0.05) is 130 Å². The monoisotopic (exact) mass is 701 g/mol. The standard InChI is InChI=1S/C43H51N5O4/c1-4-5-6-13-22-44-43(49)41-42(36-20-18-33(19-21-36)29-47-23-25-50-26-24-47)48(46-45-41)38-27-37(32(2)3)39(51-30-34-14-9-7-10-15-34)28-40(38)52-31-35-16-11-8-12-17-35/h7-12,14-21,27-28,32H,4-6,13,22-26,29-31H2,1-3H3,(H,44,49). The van der Waals surface area contributed by atoms with Crippen molar-refractivity contribution in [3.8, 4) is 28.4 Å². The minimum atomic E-state index is -0.242. The number of carbonyl (C=O) groups excluding carboxylic acids is 1. The highest BCUT2D eigenvalue weighted by Crippen LogP contribution is 2.39. The Hall–Kier alpha value is -4.99. The van der Waals surface area contributed by atoms with E-state index in [1.807, 2.05) is 54.6 Å². The molecule has 0 aliphatic carbocycles. The zero-order valence-electron chi connectivity index (χ0n) is 30.7. The van der Waals surface area contributed by atoms with Crippen LogP contribution in [0.25, 0.3) is 16.9 Å². The molecule has 0 radical (unpaired) electrons. The van der Waals surface area contributed by atoms with E-state index in [-0.39, 0.29) is 17.5 Å². The summed E-state index contributed by atoms with van der Waals surface area (Å²) >= 11 is 0. The molecule has 272 valence electrons. The van der Waals surface area contributed by atoms with Gasteiger partial charge in [0.2, 0.25) is 0 Å². The lowest BCUT2D eigenvalue weighted by atomic mass is 10.00. The Balaban J connectivity index is 1.40. The molecule has 0 saturated carbocycles. The third kappa shape index (κ3) is 9.66. The number of morpholine rings is 1. The van der Waals surface area contributed by atoms with Gasteiger partial charge >= 0.3 is 0 Å². The Morgan fingerprint density at radius 2 is 1.46 bits per heavy atom. The van der Waals surface area contributed by atoms with E-state index in [0.29, 0.717) is 36.9 Å². The third-order valence-electron chi connectivity index (χ3n) is 9.35. The van der Waals surface area contributed by atoms with Crippen LogP contribution in [-0.4, -0.2) is 58.6 Å². The van der Waals surface area contributed by atoms with Crippen LogP contribution in [0.15, 0.2) is 97.1 Å². The molecule has 5 aromatic rings. The van der Waals surface area contributed by atoms with E-state index in [0.717, 1.165) is 86.5 Å². The SMILES string of the molecule is CCCCCCNC(=O)c1nnn(-c2cc(C(C)C)c(OCc3ccccc3)cc2OCc2ccccc2)c1-c1ccc(CN2CCOCC2)cc1. The molecule has 0 atom stereocenters. The molecule has 1 aliphatic rings. The van der Waals surface area contributed by atoms with E-state index < -0.39 is 0 Å². The smallest absolute Gasteiger partial charge is 0.274 e. The van der Waals surface area contributed by atoms with Gasteiger partial charge in [-0.25, -0.2) is 4.68 Å². The van der Waals surface area contributed by atoms with Crippen LogP contribution in [-0.2, 0) is 24.5 Å². The first-order chi connectivity index (χ1) is 25.5.